The second kappa shape index (κ2) is 11.5. The third-order valence-electron chi connectivity index (χ3n) is 5.45. The van der Waals surface area contributed by atoms with Gasteiger partial charge in [-0.15, -0.1) is 11.3 Å². The number of aliphatic imine (C=N–C) groups is 1. The molecule has 0 amide bonds. The molecule has 2 aromatic heterocycles. The van der Waals surface area contributed by atoms with Crippen molar-refractivity contribution in [3.8, 4) is 5.88 Å². The van der Waals surface area contributed by atoms with Crippen LogP contribution in [0.3, 0.4) is 0 Å². The van der Waals surface area contributed by atoms with Crippen molar-refractivity contribution in [1.82, 2.24) is 15.6 Å². The van der Waals surface area contributed by atoms with Gasteiger partial charge in [0, 0.05) is 37.9 Å². The Kier molecular flexibility index (Phi) is 7.98. The predicted molar refractivity (Wildman–Crippen MR) is 133 cm³/mol. The van der Waals surface area contributed by atoms with Crippen molar-refractivity contribution in [1.29, 1.82) is 0 Å². The maximum absolute atomic E-state index is 5.85. The molecule has 168 valence electrons. The molecule has 1 aliphatic heterocycles. The smallest absolute Gasteiger partial charge is 0.213 e. The minimum Gasteiger partial charge on any atom is -0.473 e. The number of hydrogen-bond donors (Lipinski definition) is 2. The fourth-order valence-corrected chi connectivity index (χ4v) is 4.52. The third kappa shape index (κ3) is 6.47. The molecule has 6 nitrogen and oxygen atoms in total. The van der Waals surface area contributed by atoms with Crippen LogP contribution in [0.15, 0.2) is 71.2 Å². The third-order valence-corrected chi connectivity index (χ3v) is 6.38. The lowest BCUT2D eigenvalue weighted by atomic mass is 10.1. The van der Waals surface area contributed by atoms with E-state index in [1.165, 1.54) is 5.00 Å². The van der Waals surface area contributed by atoms with Gasteiger partial charge >= 0.3 is 0 Å². The highest BCUT2D eigenvalue weighted by Gasteiger charge is 2.20. The zero-order chi connectivity index (χ0) is 22.0. The molecule has 0 radical (unpaired) electrons. The van der Waals surface area contributed by atoms with E-state index >= 15 is 0 Å². The second-order valence-electron chi connectivity index (χ2n) is 7.83. The lowest BCUT2D eigenvalue weighted by Crippen LogP contribution is -2.48. The molecule has 0 spiro atoms. The summed E-state index contributed by atoms with van der Waals surface area (Å²) >= 11 is 1.82. The number of anilines is 1. The average molecular weight is 450 g/mol. The topological polar surface area (TPSA) is 61.8 Å². The molecule has 0 bridgehead atoms. The van der Waals surface area contributed by atoms with E-state index in [-0.39, 0.29) is 0 Å². The Morgan fingerprint density at radius 1 is 1.12 bits per heavy atom. The summed E-state index contributed by atoms with van der Waals surface area (Å²) < 4.78 is 5.85. The van der Waals surface area contributed by atoms with Gasteiger partial charge in [-0.25, -0.2) is 9.98 Å². The first kappa shape index (κ1) is 22.1. The minimum atomic E-state index is 0.436. The number of nitrogens with one attached hydrogen (secondary N) is 2. The number of piperidine rings is 1. The first-order valence-electron chi connectivity index (χ1n) is 11.2. The van der Waals surface area contributed by atoms with Crippen molar-refractivity contribution in [2.75, 3.05) is 24.5 Å². The Bertz CT molecular complexity index is 969. The number of pyridine rings is 1. The van der Waals surface area contributed by atoms with E-state index < -0.39 is 0 Å². The molecule has 0 saturated carbocycles. The molecule has 3 heterocycles. The number of benzene rings is 1. The summed E-state index contributed by atoms with van der Waals surface area (Å²) in [5, 5.41) is 10.5. The van der Waals surface area contributed by atoms with Crippen molar-refractivity contribution in [2.24, 2.45) is 4.99 Å². The molecule has 7 heteroatoms. The molecule has 0 atom stereocenters. The standard InChI is InChI=1S/C25H31N5OS/c1-2-26-25(29-22-11-14-30(15-12-22)24-9-6-16-32-24)28-18-21-10-13-27-23(17-21)31-19-20-7-4-3-5-8-20/h3-10,13,16-17,22H,2,11-12,14-15,18-19H2,1H3,(H2,26,28,29). The summed E-state index contributed by atoms with van der Waals surface area (Å²) in [6.07, 6.45) is 4.00. The van der Waals surface area contributed by atoms with E-state index in [1.54, 1.807) is 6.20 Å². The molecule has 32 heavy (non-hydrogen) atoms. The number of ether oxygens (including phenoxy) is 1. The van der Waals surface area contributed by atoms with Gasteiger partial charge in [0.15, 0.2) is 5.96 Å². The Hall–Kier alpha value is -3.06. The van der Waals surface area contributed by atoms with Crippen LogP contribution in [0.4, 0.5) is 5.00 Å². The first-order chi connectivity index (χ1) is 15.8. The maximum Gasteiger partial charge on any atom is 0.213 e. The fourth-order valence-electron chi connectivity index (χ4n) is 3.74. The molecule has 0 aliphatic carbocycles. The Labute approximate surface area is 194 Å². The van der Waals surface area contributed by atoms with Crippen LogP contribution < -0.4 is 20.3 Å². The number of guanidine groups is 1. The van der Waals surface area contributed by atoms with Crippen LogP contribution in [0.5, 0.6) is 5.88 Å². The van der Waals surface area contributed by atoms with Crippen LogP contribution in [0.2, 0.25) is 0 Å². The quantitative estimate of drug-likeness (QED) is 0.393. The van der Waals surface area contributed by atoms with Gasteiger partial charge in [-0.05, 0) is 54.5 Å². The van der Waals surface area contributed by atoms with Gasteiger partial charge in [0.1, 0.15) is 6.61 Å². The SMILES string of the molecule is CCNC(=NCc1ccnc(OCc2ccccc2)c1)NC1CCN(c2cccs2)CC1. The van der Waals surface area contributed by atoms with Crippen LogP contribution in [-0.4, -0.2) is 36.6 Å². The zero-order valence-corrected chi connectivity index (χ0v) is 19.4. The largest absolute Gasteiger partial charge is 0.473 e. The monoisotopic (exact) mass is 449 g/mol. The number of nitrogens with zero attached hydrogens (tertiary/aromatic N) is 3. The van der Waals surface area contributed by atoms with Crippen molar-refractivity contribution in [2.45, 2.75) is 39.0 Å². The number of rotatable bonds is 8. The molecule has 1 fully saturated rings. The van der Waals surface area contributed by atoms with E-state index in [9.17, 15) is 0 Å². The van der Waals surface area contributed by atoms with Gasteiger partial charge in [-0.2, -0.15) is 0 Å². The van der Waals surface area contributed by atoms with Crippen molar-refractivity contribution in [3.63, 3.8) is 0 Å². The second-order valence-corrected chi connectivity index (χ2v) is 8.75. The van der Waals surface area contributed by atoms with Crippen LogP contribution in [0, 0.1) is 0 Å². The van der Waals surface area contributed by atoms with Crippen LogP contribution >= 0.6 is 11.3 Å². The lowest BCUT2D eigenvalue weighted by Gasteiger charge is -2.33. The highest BCUT2D eigenvalue weighted by Crippen LogP contribution is 2.24. The molecule has 1 aromatic carbocycles. The molecule has 2 N–H and O–H groups in total. The highest BCUT2D eigenvalue weighted by atomic mass is 32.1. The summed E-state index contributed by atoms with van der Waals surface area (Å²) in [5.74, 6) is 1.49. The Balaban J connectivity index is 1.30. The van der Waals surface area contributed by atoms with E-state index in [4.69, 9.17) is 9.73 Å². The van der Waals surface area contributed by atoms with Gasteiger partial charge in [0.25, 0.3) is 0 Å². The van der Waals surface area contributed by atoms with Crippen molar-refractivity contribution in [3.05, 3.63) is 77.3 Å². The van der Waals surface area contributed by atoms with Crippen LogP contribution in [-0.2, 0) is 13.2 Å². The van der Waals surface area contributed by atoms with E-state index in [1.807, 2.05) is 53.8 Å². The van der Waals surface area contributed by atoms with Gasteiger partial charge in [0.2, 0.25) is 5.88 Å². The Morgan fingerprint density at radius 2 is 1.97 bits per heavy atom. The van der Waals surface area contributed by atoms with Crippen LogP contribution in [0.25, 0.3) is 0 Å². The average Bonchev–Trinajstić information content (AvgIpc) is 3.38. The number of hydrogen-bond acceptors (Lipinski definition) is 5. The van der Waals surface area contributed by atoms with Crippen LogP contribution in [0.1, 0.15) is 30.9 Å². The molecule has 3 aromatic rings. The highest BCUT2D eigenvalue weighted by molar-refractivity contribution is 7.14. The molecule has 1 aliphatic rings. The Morgan fingerprint density at radius 3 is 2.72 bits per heavy atom. The molecule has 0 unspecified atom stereocenters. The van der Waals surface area contributed by atoms with E-state index in [2.05, 4.69) is 45.0 Å². The molecule has 1 saturated heterocycles. The molecular formula is C25H31N5OS. The fraction of sp³-hybridized carbons (Fsp3) is 0.360. The lowest BCUT2D eigenvalue weighted by molar-refractivity contribution is 0.293. The van der Waals surface area contributed by atoms with Crippen molar-refractivity contribution < 1.29 is 4.74 Å². The van der Waals surface area contributed by atoms with Gasteiger partial charge < -0.3 is 20.3 Å². The minimum absolute atomic E-state index is 0.436. The maximum atomic E-state index is 5.85. The normalized spacial score (nSPS) is 14.9. The number of thiophene rings is 1. The summed E-state index contributed by atoms with van der Waals surface area (Å²) in [6, 6.07) is 18.8. The summed E-state index contributed by atoms with van der Waals surface area (Å²) in [7, 11) is 0. The van der Waals surface area contributed by atoms with Crippen molar-refractivity contribution >= 4 is 22.3 Å². The van der Waals surface area contributed by atoms with Gasteiger partial charge in [-0.3, -0.25) is 0 Å². The predicted octanol–water partition coefficient (Wildman–Crippen LogP) is 4.45. The zero-order valence-electron chi connectivity index (χ0n) is 18.5. The van der Waals surface area contributed by atoms with E-state index in [0.29, 0.717) is 25.1 Å². The number of aromatic nitrogens is 1. The van der Waals surface area contributed by atoms with E-state index in [0.717, 1.165) is 49.6 Å². The van der Waals surface area contributed by atoms with Gasteiger partial charge in [-0.1, -0.05) is 30.3 Å². The molecule has 4 rings (SSSR count). The summed E-state index contributed by atoms with van der Waals surface area (Å²) in [5.41, 5.74) is 2.20. The first-order valence-corrected chi connectivity index (χ1v) is 12.1. The summed E-state index contributed by atoms with van der Waals surface area (Å²) in [6.45, 7) is 6.16. The molecular weight excluding hydrogens is 418 g/mol. The summed E-state index contributed by atoms with van der Waals surface area (Å²) in [4.78, 5) is 11.6. The van der Waals surface area contributed by atoms with Gasteiger partial charge in [0.05, 0.1) is 11.5 Å².